The maximum atomic E-state index is 18.1. The predicted molar refractivity (Wildman–Crippen MR) is 251 cm³/mol. The van der Waals surface area contributed by atoms with Crippen molar-refractivity contribution < 1.29 is 37.3 Å². The molecular formula is C50H64F2N6O6Si. The Hall–Kier alpha value is -4.78. The Kier molecular flexibility index (Phi) is 12.0. The molecule has 0 spiro atoms. The Morgan fingerprint density at radius 1 is 1.00 bits per heavy atom. The van der Waals surface area contributed by atoms with E-state index in [-0.39, 0.29) is 67.3 Å². The van der Waals surface area contributed by atoms with Crippen LogP contribution in [0.4, 0.5) is 19.4 Å². The van der Waals surface area contributed by atoms with Gasteiger partial charge in [0.1, 0.15) is 61.2 Å². The lowest BCUT2D eigenvalue weighted by Crippen LogP contribution is -2.63. The van der Waals surface area contributed by atoms with Gasteiger partial charge in [0.2, 0.25) is 5.88 Å². The van der Waals surface area contributed by atoms with Crippen LogP contribution >= 0.6 is 0 Å². The van der Waals surface area contributed by atoms with Crippen LogP contribution in [0.15, 0.2) is 30.3 Å². The van der Waals surface area contributed by atoms with Gasteiger partial charge in [-0.1, -0.05) is 59.6 Å². The molecule has 4 saturated heterocycles. The lowest BCUT2D eigenvalue weighted by atomic mass is 9.95. The number of carbonyl (C=O) groups excluding carboxylic acids is 1. The van der Waals surface area contributed by atoms with Gasteiger partial charge in [-0.2, -0.15) is 9.97 Å². The number of aromatic nitrogens is 3. The number of anilines is 1. The first kappa shape index (κ1) is 45.4. The average molecular weight is 911 g/mol. The number of hydrogen-bond acceptors (Lipinski definition) is 11. The molecule has 5 aliphatic heterocycles. The van der Waals surface area contributed by atoms with Crippen LogP contribution in [0.5, 0.6) is 17.6 Å². The molecule has 0 radical (unpaired) electrons. The lowest BCUT2D eigenvalue weighted by molar-refractivity contribution is 0.00537. The molecule has 5 aliphatic rings. The summed E-state index contributed by atoms with van der Waals surface area (Å²) in [6.45, 7) is 21.2. The van der Waals surface area contributed by atoms with E-state index >= 15 is 4.39 Å². The van der Waals surface area contributed by atoms with Crippen molar-refractivity contribution in [3.63, 3.8) is 0 Å². The molecule has 15 heteroatoms. The van der Waals surface area contributed by atoms with Gasteiger partial charge >= 0.3 is 12.1 Å². The molecule has 4 aromatic rings. The van der Waals surface area contributed by atoms with Gasteiger partial charge in [0.25, 0.3) is 0 Å². The van der Waals surface area contributed by atoms with E-state index < -0.39 is 31.2 Å². The van der Waals surface area contributed by atoms with E-state index in [9.17, 15) is 9.18 Å². The van der Waals surface area contributed by atoms with E-state index in [1.54, 1.807) is 13.2 Å². The summed E-state index contributed by atoms with van der Waals surface area (Å²) in [5, 5.41) is 1.85. The molecule has 0 saturated carbocycles. The third kappa shape index (κ3) is 7.94. The number of pyridine rings is 1. The summed E-state index contributed by atoms with van der Waals surface area (Å²) in [6, 6.07) is 8.82. The van der Waals surface area contributed by atoms with E-state index in [1.165, 1.54) is 0 Å². The first-order valence-corrected chi connectivity index (χ1v) is 25.7. The molecule has 12 nitrogen and oxygen atoms in total. The van der Waals surface area contributed by atoms with Gasteiger partial charge in [0, 0.05) is 43.1 Å². The molecule has 2 aromatic heterocycles. The lowest BCUT2D eigenvalue weighted by Gasteiger charge is -2.46. The summed E-state index contributed by atoms with van der Waals surface area (Å²) in [7, 11) is -0.624. The third-order valence-electron chi connectivity index (χ3n) is 14.8. The van der Waals surface area contributed by atoms with E-state index in [0.717, 1.165) is 48.6 Å². The number of benzene rings is 2. The van der Waals surface area contributed by atoms with Gasteiger partial charge in [-0.15, -0.1) is 5.54 Å². The van der Waals surface area contributed by atoms with Gasteiger partial charge in [0.05, 0.1) is 23.7 Å². The molecule has 2 bridgehead atoms. The molecule has 2 aromatic carbocycles. The number of methoxy groups -OCH3 is 1. The highest BCUT2D eigenvalue weighted by Gasteiger charge is 2.53. The minimum absolute atomic E-state index is 0.00564. The molecule has 65 heavy (non-hydrogen) atoms. The summed E-state index contributed by atoms with van der Waals surface area (Å²) >= 11 is 0. The van der Waals surface area contributed by atoms with Crippen molar-refractivity contribution in [2.24, 2.45) is 0 Å². The number of halogens is 2. The van der Waals surface area contributed by atoms with Crippen LogP contribution in [-0.2, 0) is 9.47 Å². The summed E-state index contributed by atoms with van der Waals surface area (Å²) in [5.41, 5.74) is 5.18. The van der Waals surface area contributed by atoms with Crippen LogP contribution < -0.4 is 19.1 Å². The molecule has 0 N–H and O–H groups in total. The standard InChI is InChI=1S/C50H64F2N6O6Si/c1-29(2)65(30(3)4,31(5)6)20-17-32-13-11-14-33-21-36(63-28-60-10)22-37(40(32)33)43-42(52)44-41-45(55-47(54-44)62-27-50-18-12-19-56(50)24-34(51)23-50)57-25-35-15-16-38(39(57)26-61-46(41)53-43)58(35)48(59)64-49(7,8)9/h11,13-14,21-22,29-31,34-35,38-39H,12,15-16,18-19,23-28H2,1-10H3/t34-,35+,38-,39+,50+/m1/s1. The zero-order valence-electron chi connectivity index (χ0n) is 39.6. The normalized spacial score (nSPS) is 24.0. The molecule has 9 rings (SSSR count). The minimum Gasteiger partial charge on any atom is -0.475 e. The van der Waals surface area contributed by atoms with Crippen molar-refractivity contribution in [3.05, 3.63) is 41.7 Å². The van der Waals surface area contributed by atoms with Crippen molar-refractivity contribution in [2.75, 3.05) is 51.7 Å². The molecule has 1 amide bonds. The Morgan fingerprint density at radius 3 is 2.49 bits per heavy atom. The number of ether oxygens (including phenoxy) is 5. The van der Waals surface area contributed by atoms with E-state index in [0.29, 0.717) is 58.7 Å². The van der Waals surface area contributed by atoms with Crippen LogP contribution in [0.2, 0.25) is 16.6 Å². The quantitative estimate of drug-likeness (QED) is 0.0862. The van der Waals surface area contributed by atoms with Crippen LogP contribution in [0.3, 0.4) is 0 Å². The second kappa shape index (κ2) is 17.1. The average Bonchev–Trinajstić information content (AvgIpc) is 3.85. The predicted octanol–water partition coefficient (Wildman–Crippen LogP) is 9.84. The maximum absolute atomic E-state index is 18.1. The number of nitrogens with zero attached hydrogens (tertiary/aromatic N) is 6. The number of carbonyl (C=O) groups is 1. The van der Waals surface area contributed by atoms with Gasteiger partial charge in [-0.25, -0.2) is 18.6 Å². The van der Waals surface area contributed by atoms with Gasteiger partial charge in [-0.3, -0.25) is 9.80 Å². The molecule has 0 unspecified atom stereocenters. The van der Waals surface area contributed by atoms with Crippen molar-refractivity contribution in [1.82, 2.24) is 24.8 Å². The SMILES string of the molecule is COCOc1cc(-c2nc3c4c(nc(OC[C@@]56CCCN5C[C@H](F)C6)nc4c2F)N2C[C@@H]4CC[C@H]([C@@H]2CO3)N4C(=O)OC(C)(C)C)c2c(C#C[Si](C(C)C)(C(C)C)C(C)C)cccc2c1. The fourth-order valence-electron chi connectivity index (χ4n) is 12.1. The van der Waals surface area contributed by atoms with Gasteiger partial charge in [0.15, 0.2) is 12.6 Å². The Balaban J connectivity index is 1.23. The monoisotopic (exact) mass is 910 g/mol. The first-order chi connectivity index (χ1) is 30.9. The Morgan fingerprint density at radius 2 is 1.77 bits per heavy atom. The fourth-order valence-corrected chi connectivity index (χ4v) is 17.3. The molecule has 7 heterocycles. The first-order valence-electron chi connectivity index (χ1n) is 23.5. The zero-order valence-corrected chi connectivity index (χ0v) is 40.6. The summed E-state index contributed by atoms with van der Waals surface area (Å²) < 4.78 is 63.6. The number of fused-ring (bicyclic) bond motifs is 7. The number of alkyl halides is 1. The number of amides is 1. The van der Waals surface area contributed by atoms with Crippen molar-refractivity contribution >= 4 is 41.7 Å². The Bertz CT molecular complexity index is 2540. The van der Waals surface area contributed by atoms with E-state index in [2.05, 4.69) is 62.8 Å². The molecular weight excluding hydrogens is 847 g/mol. The van der Waals surface area contributed by atoms with Gasteiger partial charge < -0.3 is 28.6 Å². The minimum atomic E-state index is -2.17. The number of piperazine rings is 1. The van der Waals surface area contributed by atoms with Crippen molar-refractivity contribution in [1.29, 1.82) is 0 Å². The Labute approximate surface area is 382 Å². The second-order valence-electron chi connectivity index (χ2n) is 20.8. The third-order valence-corrected chi connectivity index (χ3v) is 21.1. The smallest absolute Gasteiger partial charge is 0.410 e. The largest absolute Gasteiger partial charge is 0.475 e. The van der Waals surface area contributed by atoms with Crippen molar-refractivity contribution in [3.8, 4) is 40.4 Å². The van der Waals surface area contributed by atoms with E-state index in [1.807, 2.05) is 49.9 Å². The highest BCUT2D eigenvalue weighted by atomic mass is 28.3. The zero-order chi connectivity index (χ0) is 46.2. The number of rotatable bonds is 10. The van der Waals surface area contributed by atoms with Crippen molar-refractivity contribution in [2.45, 2.75) is 146 Å². The topological polar surface area (TPSA) is 112 Å². The van der Waals surface area contributed by atoms with Gasteiger partial charge in [-0.05, 0) is 93.2 Å². The number of hydrogen-bond donors (Lipinski definition) is 0. The van der Waals surface area contributed by atoms with E-state index in [4.69, 9.17) is 38.6 Å². The molecule has 348 valence electrons. The van der Waals surface area contributed by atoms with Crippen LogP contribution in [0, 0.1) is 17.3 Å². The molecule has 5 atom stereocenters. The van der Waals surface area contributed by atoms with Crippen LogP contribution in [0.25, 0.3) is 32.9 Å². The van der Waals surface area contributed by atoms with Crippen LogP contribution in [-0.4, -0.2) is 121 Å². The highest BCUT2D eigenvalue weighted by Crippen LogP contribution is 2.48. The highest BCUT2D eigenvalue weighted by molar-refractivity contribution is 6.90. The maximum Gasteiger partial charge on any atom is 0.410 e. The molecule has 0 aliphatic carbocycles. The second-order valence-corrected chi connectivity index (χ2v) is 26.4. The molecule has 4 fully saturated rings. The fraction of sp³-hybridized carbons (Fsp3) is 0.600. The summed E-state index contributed by atoms with van der Waals surface area (Å²) in [4.78, 5) is 34.9. The summed E-state index contributed by atoms with van der Waals surface area (Å²) in [6.07, 6.45) is 2.29. The van der Waals surface area contributed by atoms with Crippen LogP contribution in [0.1, 0.15) is 100.0 Å². The summed E-state index contributed by atoms with van der Waals surface area (Å²) in [5.74, 6) is 4.05.